The van der Waals surface area contributed by atoms with E-state index in [1.54, 1.807) is 0 Å². The summed E-state index contributed by atoms with van der Waals surface area (Å²) in [6.07, 6.45) is 0.390. The van der Waals surface area contributed by atoms with Gasteiger partial charge in [0.2, 0.25) is 5.91 Å². The summed E-state index contributed by atoms with van der Waals surface area (Å²) in [6.45, 7) is 0.442. The van der Waals surface area contributed by atoms with Crippen LogP contribution in [0.4, 0.5) is 19.3 Å². The molecule has 2 aromatic carbocycles. The lowest BCUT2D eigenvalue weighted by molar-refractivity contribution is -0.120. The third-order valence-electron chi connectivity index (χ3n) is 4.21. The Labute approximate surface area is 149 Å². The Balaban J connectivity index is 1.63. The highest BCUT2D eigenvalue weighted by atomic mass is 19.1. The third-order valence-corrected chi connectivity index (χ3v) is 4.21. The number of likely N-dealkylation sites (tertiary alicyclic amines) is 1. The second-order valence-electron chi connectivity index (χ2n) is 5.98. The molecule has 1 aliphatic rings. The Morgan fingerprint density at radius 3 is 2.46 bits per heavy atom. The fourth-order valence-electron chi connectivity index (χ4n) is 2.88. The second kappa shape index (κ2) is 7.95. The fourth-order valence-corrected chi connectivity index (χ4v) is 2.88. The summed E-state index contributed by atoms with van der Waals surface area (Å²) in [5, 5.41) is 2.24. The second-order valence-corrected chi connectivity index (χ2v) is 5.98. The van der Waals surface area contributed by atoms with Crippen LogP contribution in [0.25, 0.3) is 0 Å². The number of rotatable bonds is 4. The predicted molar refractivity (Wildman–Crippen MR) is 91.3 cm³/mol. The highest BCUT2D eigenvalue weighted by Crippen LogP contribution is 2.23. The molecular weight excluding hydrogens is 342 g/mol. The van der Waals surface area contributed by atoms with Crippen LogP contribution in [0.5, 0.6) is 0 Å². The number of nitrogens with zero attached hydrogens (tertiary/aromatic N) is 1. The minimum Gasteiger partial charge on any atom is -0.445 e. The van der Waals surface area contributed by atoms with Gasteiger partial charge in [-0.1, -0.05) is 36.4 Å². The number of hydrogen-bond acceptors (Lipinski definition) is 3. The van der Waals surface area contributed by atoms with E-state index >= 15 is 0 Å². The summed E-state index contributed by atoms with van der Waals surface area (Å²) in [5.41, 5.74) is 0.316. The van der Waals surface area contributed by atoms with Gasteiger partial charge >= 0.3 is 6.09 Å². The number of nitrogens with one attached hydrogen (secondary N) is 1. The van der Waals surface area contributed by atoms with Crippen LogP contribution in [0, 0.1) is 11.6 Å². The van der Waals surface area contributed by atoms with Gasteiger partial charge < -0.3 is 10.1 Å². The van der Waals surface area contributed by atoms with Crippen LogP contribution < -0.4 is 5.32 Å². The van der Waals surface area contributed by atoms with E-state index in [9.17, 15) is 18.4 Å². The van der Waals surface area contributed by atoms with Gasteiger partial charge in [-0.15, -0.1) is 0 Å². The molecule has 1 N–H and O–H groups in total. The van der Waals surface area contributed by atoms with Gasteiger partial charge in [0.1, 0.15) is 30.0 Å². The molecular formula is C19H18F2N2O3. The molecule has 0 bridgehead atoms. The highest BCUT2D eigenvalue weighted by molar-refractivity contribution is 5.97. The lowest BCUT2D eigenvalue weighted by atomic mass is 10.2. The summed E-state index contributed by atoms with van der Waals surface area (Å²) in [5.74, 6) is -2.37. The number of amides is 2. The number of hydrogen-bond donors (Lipinski definition) is 1. The van der Waals surface area contributed by atoms with E-state index in [4.69, 9.17) is 4.74 Å². The molecule has 1 unspecified atom stereocenters. The smallest absolute Gasteiger partial charge is 0.410 e. The summed E-state index contributed by atoms with van der Waals surface area (Å²) in [7, 11) is 0. The van der Waals surface area contributed by atoms with E-state index in [1.807, 2.05) is 30.3 Å². The number of benzene rings is 2. The van der Waals surface area contributed by atoms with E-state index in [0.717, 1.165) is 17.7 Å². The van der Waals surface area contributed by atoms with Crippen molar-refractivity contribution < 1.29 is 23.1 Å². The van der Waals surface area contributed by atoms with Gasteiger partial charge in [0.25, 0.3) is 0 Å². The van der Waals surface area contributed by atoms with E-state index in [0.29, 0.717) is 19.4 Å². The zero-order valence-corrected chi connectivity index (χ0v) is 14.0. The van der Waals surface area contributed by atoms with Gasteiger partial charge in [-0.2, -0.15) is 0 Å². The molecule has 2 aromatic rings. The molecule has 0 spiro atoms. The molecule has 0 aliphatic carbocycles. The van der Waals surface area contributed by atoms with E-state index in [-0.39, 0.29) is 6.61 Å². The monoisotopic (exact) mass is 360 g/mol. The maximum atomic E-state index is 13.7. The van der Waals surface area contributed by atoms with Gasteiger partial charge in [-0.3, -0.25) is 9.69 Å². The number of para-hydroxylation sites is 1. The van der Waals surface area contributed by atoms with Crippen LogP contribution in [0.1, 0.15) is 18.4 Å². The molecule has 7 heteroatoms. The van der Waals surface area contributed by atoms with Crippen LogP contribution >= 0.6 is 0 Å². The molecule has 26 heavy (non-hydrogen) atoms. The molecule has 136 valence electrons. The van der Waals surface area contributed by atoms with E-state index in [2.05, 4.69) is 5.32 Å². The largest absolute Gasteiger partial charge is 0.445 e. The maximum Gasteiger partial charge on any atom is 0.410 e. The maximum absolute atomic E-state index is 13.7. The molecule has 1 aliphatic heterocycles. The standard InChI is InChI=1S/C19H18F2N2O3/c20-14-8-4-9-15(21)17(14)22-18(24)16-10-5-11-23(16)19(25)26-12-13-6-2-1-3-7-13/h1-4,6-9,16H,5,10-12H2,(H,22,24). The van der Waals surface area contributed by atoms with E-state index in [1.165, 1.54) is 11.0 Å². The predicted octanol–water partition coefficient (Wildman–Crippen LogP) is 3.70. The SMILES string of the molecule is O=C(Nc1c(F)cccc1F)C1CCCN1C(=O)OCc1ccccc1. The van der Waals surface area contributed by atoms with Crippen molar-refractivity contribution in [1.29, 1.82) is 0 Å². The zero-order chi connectivity index (χ0) is 18.5. The van der Waals surface area contributed by atoms with Crippen LogP contribution in [0.3, 0.4) is 0 Å². The molecule has 1 saturated heterocycles. The van der Waals surface area contributed by atoms with Crippen molar-refractivity contribution in [2.24, 2.45) is 0 Å². The van der Waals surface area contributed by atoms with Crippen molar-refractivity contribution in [3.05, 3.63) is 65.7 Å². The Morgan fingerprint density at radius 2 is 1.77 bits per heavy atom. The summed E-state index contributed by atoms with van der Waals surface area (Å²) in [4.78, 5) is 26.0. The van der Waals surface area contributed by atoms with Crippen LogP contribution in [-0.4, -0.2) is 29.5 Å². The molecule has 1 atom stereocenters. The van der Waals surface area contributed by atoms with Crippen molar-refractivity contribution in [1.82, 2.24) is 4.90 Å². The topological polar surface area (TPSA) is 58.6 Å². The molecule has 2 amide bonds. The van der Waals surface area contributed by atoms with E-state index < -0.39 is 35.4 Å². The summed E-state index contributed by atoms with van der Waals surface area (Å²) in [6, 6.07) is 11.7. The van der Waals surface area contributed by atoms with Gasteiger partial charge in [-0.05, 0) is 30.5 Å². The average molecular weight is 360 g/mol. The molecule has 1 fully saturated rings. The molecule has 0 radical (unpaired) electrons. The Kier molecular flexibility index (Phi) is 5.46. The molecule has 0 aromatic heterocycles. The fraction of sp³-hybridized carbons (Fsp3) is 0.263. The number of halogens is 2. The minimum atomic E-state index is -0.866. The lowest BCUT2D eigenvalue weighted by Crippen LogP contribution is -2.43. The third kappa shape index (κ3) is 3.99. The quantitative estimate of drug-likeness (QED) is 0.904. The van der Waals surface area contributed by atoms with Crippen molar-refractivity contribution in [3.8, 4) is 0 Å². The lowest BCUT2D eigenvalue weighted by Gasteiger charge is -2.23. The first-order chi connectivity index (χ1) is 12.6. The van der Waals surface area contributed by atoms with Crippen LogP contribution in [0.2, 0.25) is 0 Å². The van der Waals surface area contributed by atoms with Crippen LogP contribution in [-0.2, 0) is 16.1 Å². The Morgan fingerprint density at radius 1 is 1.08 bits per heavy atom. The van der Waals surface area contributed by atoms with Crippen molar-refractivity contribution in [2.75, 3.05) is 11.9 Å². The summed E-state index contributed by atoms with van der Waals surface area (Å²) < 4.78 is 32.7. The van der Waals surface area contributed by atoms with Crippen molar-refractivity contribution in [3.63, 3.8) is 0 Å². The van der Waals surface area contributed by atoms with Gasteiger partial charge in [0.15, 0.2) is 0 Å². The zero-order valence-electron chi connectivity index (χ0n) is 14.0. The van der Waals surface area contributed by atoms with Crippen LogP contribution in [0.15, 0.2) is 48.5 Å². The number of carbonyl (C=O) groups excluding carboxylic acids is 2. The Bertz CT molecular complexity index is 778. The number of carbonyl (C=O) groups is 2. The molecule has 5 nitrogen and oxygen atoms in total. The Hall–Kier alpha value is -2.96. The number of anilines is 1. The van der Waals surface area contributed by atoms with Crippen molar-refractivity contribution in [2.45, 2.75) is 25.5 Å². The first kappa shape index (κ1) is 17.8. The molecule has 0 saturated carbocycles. The normalized spacial score (nSPS) is 16.4. The van der Waals surface area contributed by atoms with Gasteiger partial charge in [0, 0.05) is 6.54 Å². The minimum absolute atomic E-state index is 0.0897. The average Bonchev–Trinajstić information content (AvgIpc) is 3.13. The number of ether oxygens (including phenoxy) is 1. The summed E-state index contributed by atoms with van der Waals surface area (Å²) >= 11 is 0. The molecule has 3 rings (SSSR count). The van der Waals surface area contributed by atoms with Gasteiger partial charge in [0.05, 0.1) is 0 Å². The van der Waals surface area contributed by atoms with Crippen molar-refractivity contribution >= 4 is 17.7 Å². The highest BCUT2D eigenvalue weighted by Gasteiger charge is 2.35. The van der Waals surface area contributed by atoms with Gasteiger partial charge in [-0.25, -0.2) is 13.6 Å². The molecule has 1 heterocycles. The first-order valence-electron chi connectivity index (χ1n) is 8.28. The first-order valence-corrected chi connectivity index (χ1v) is 8.28.